The molecule has 1 saturated heterocycles. The first-order valence-electron chi connectivity index (χ1n) is 6.70. The Hall–Kier alpha value is -1.30. The molecule has 0 aromatic carbocycles. The van der Waals surface area contributed by atoms with Crippen LogP contribution in [0.15, 0.2) is 0 Å². The Bertz CT molecular complexity index is 346. The minimum Gasteiger partial charge on any atom is -0.480 e. The molecule has 0 aliphatic carbocycles. The molecule has 110 valence electrons. The fourth-order valence-electron chi connectivity index (χ4n) is 2.30. The van der Waals surface area contributed by atoms with Crippen LogP contribution in [0.2, 0.25) is 0 Å². The average molecular weight is 271 g/mol. The van der Waals surface area contributed by atoms with Crippen molar-refractivity contribution in [3.8, 4) is 0 Å². The number of amides is 2. The van der Waals surface area contributed by atoms with Crippen molar-refractivity contribution in [2.45, 2.75) is 31.7 Å². The Morgan fingerprint density at radius 3 is 2.37 bits per heavy atom. The maximum absolute atomic E-state index is 12.4. The number of likely N-dealkylation sites (N-methyl/N-ethyl adjacent to an activating group) is 2. The number of rotatable bonds is 4. The van der Waals surface area contributed by atoms with Crippen LogP contribution in [0, 0.1) is 0 Å². The van der Waals surface area contributed by atoms with Crippen molar-refractivity contribution in [1.82, 2.24) is 14.7 Å². The van der Waals surface area contributed by atoms with Crippen LogP contribution in [0.5, 0.6) is 0 Å². The van der Waals surface area contributed by atoms with Gasteiger partial charge in [-0.15, -0.1) is 0 Å². The monoisotopic (exact) mass is 271 g/mol. The number of hydrogen-bond acceptors (Lipinski definition) is 3. The zero-order valence-electron chi connectivity index (χ0n) is 12.3. The van der Waals surface area contributed by atoms with E-state index in [0.717, 1.165) is 19.4 Å². The molecule has 1 aliphatic rings. The number of carboxylic acid groups (broad SMARTS) is 1. The van der Waals surface area contributed by atoms with Crippen molar-refractivity contribution in [3.63, 3.8) is 0 Å². The van der Waals surface area contributed by atoms with E-state index >= 15 is 0 Å². The summed E-state index contributed by atoms with van der Waals surface area (Å²) >= 11 is 0. The fourth-order valence-corrected chi connectivity index (χ4v) is 2.30. The number of carboxylic acids is 1. The lowest BCUT2D eigenvalue weighted by Gasteiger charge is -2.43. The molecule has 0 aromatic rings. The lowest BCUT2D eigenvalue weighted by molar-refractivity contribution is -0.150. The molecule has 1 N–H and O–H groups in total. The van der Waals surface area contributed by atoms with E-state index in [1.54, 1.807) is 18.9 Å². The number of carbonyl (C=O) groups excluding carboxylic acids is 1. The first-order valence-corrected chi connectivity index (χ1v) is 6.70. The van der Waals surface area contributed by atoms with Gasteiger partial charge in [0.25, 0.3) is 0 Å². The Labute approximate surface area is 115 Å². The Morgan fingerprint density at radius 2 is 1.84 bits per heavy atom. The van der Waals surface area contributed by atoms with Gasteiger partial charge in [0.05, 0.1) is 0 Å². The third-order valence-electron chi connectivity index (χ3n) is 3.79. The maximum Gasteiger partial charge on any atom is 0.329 e. The minimum atomic E-state index is -1.07. The van der Waals surface area contributed by atoms with Gasteiger partial charge in [-0.3, -0.25) is 0 Å². The molecule has 1 atom stereocenters. The number of hydrogen-bond donors (Lipinski definition) is 1. The number of nitrogens with zero attached hydrogens (tertiary/aromatic N) is 3. The standard InChI is InChI=1S/C13H25N3O3/c1-13(11(17)18)7-5-6-8-16(13)12(19)15(4)10-9-14(2)3/h5-10H2,1-4H3,(H,17,18). The van der Waals surface area contributed by atoms with Gasteiger partial charge in [-0.1, -0.05) is 0 Å². The van der Waals surface area contributed by atoms with Crippen LogP contribution in [0.1, 0.15) is 26.2 Å². The summed E-state index contributed by atoms with van der Waals surface area (Å²) in [5.41, 5.74) is -1.07. The van der Waals surface area contributed by atoms with Gasteiger partial charge in [-0.25, -0.2) is 9.59 Å². The molecule has 19 heavy (non-hydrogen) atoms. The van der Waals surface area contributed by atoms with Crippen molar-refractivity contribution in [3.05, 3.63) is 0 Å². The smallest absolute Gasteiger partial charge is 0.329 e. The molecular weight excluding hydrogens is 246 g/mol. The van der Waals surface area contributed by atoms with Gasteiger partial charge < -0.3 is 19.8 Å². The SMILES string of the molecule is CN(C)CCN(C)C(=O)N1CCCCC1(C)C(=O)O. The average Bonchev–Trinajstić information content (AvgIpc) is 2.35. The Balaban J connectivity index is 2.75. The van der Waals surface area contributed by atoms with Crippen LogP contribution in [0.25, 0.3) is 0 Å². The topological polar surface area (TPSA) is 64.1 Å². The van der Waals surface area contributed by atoms with E-state index in [2.05, 4.69) is 0 Å². The fraction of sp³-hybridized carbons (Fsp3) is 0.846. The van der Waals surface area contributed by atoms with E-state index in [-0.39, 0.29) is 6.03 Å². The van der Waals surface area contributed by atoms with E-state index in [1.807, 2.05) is 19.0 Å². The summed E-state index contributed by atoms with van der Waals surface area (Å²) in [7, 11) is 5.61. The van der Waals surface area contributed by atoms with Gasteiger partial charge in [-0.05, 0) is 40.3 Å². The Morgan fingerprint density at radius 1 is 1.21 bits per heavy atom. The van der Waals surface area contributed by atoms with E-state index in [9.17, 15) is 14.7 Å². The number of aliphatic carboxylic acids is 1. The summed E-state index contributed by atoms with van der Waals surface area (Å²) in [5, 5.41) is 9.40. The van der Waals surface area contributed by atoms with Crippen molar-refractivity contribution >= 4 is 12.0 Å². The lowest BCUT2D eigenvalue weighted by Crippen LogP contribution is -2.60. The quantitative estimate of drug-likeness (QED) is 0.826. The Kier molecular flexibility index (Phi) is 5.17. The first kappa shape index (κ1) is 15.8. The van der Waals surface area contributed by atoms with Crippen LogP contribution in [0.3, 0.4) is 0 Å². The highest BCUT2D eigenvalue weighted by Crippen LogP contribution is 2.29. The summed E-state index contributed by atoms with van der Waals surface area (Å²) in [6.45, 7) is 3.53. The number of piperidine rings is 1. The molecular formula is C13H25N3O3. The van der Waals surface area contributed by atoms with E-state index in [0.29, 0.717) is 19.5 Å². The minimum absolute atomic E-state index is 0.188. The van der Waals surface area contributed by atoms with E-state index in [4.69, 9.17) is 0 Å². The number of carbonyl (C=O) groups is 2. The molecule has 6 heteroatoms. The predicted molar refractivity (Wildman–Crippen MR) is 73.2 cm³/mol. The lowest BCUT2D eigenvalue weighted by atomic mass is 9.89. The second kappa shape index (κ2) is 6.23. The number of urea groups is 1. The molecule has 1 unspecified atom stereocenters. The maximum atomic E-state index is 12.4. The highest BCUT2D eigenvalue weighted by Gasteiger charge is 2.44. The normalized spacial score (nSPS) is 23.5. The summed E-state index contributed by atoms with van der Waals surface area (Å²) in [4.78, 5) is 29.0. The molecule has 0 saturated carbocycles. The van der Waals surface area contributed by atoms with Gasteiger partial charge >= 0.3 is 12.0 Å². The zero-order chi connectivity index (χ0) is 14.6. The molecule has 0 bridgehead atoms. The van der Waals surface area contributed by atoms with Gasteiger partial charge in [0.15, 0.2) is 0 Å². The van der Waals surface area contributed by atoms with Gasteiger partial charge in [0, 0.05) is 26.7 Å². The van der Waals surface area contributed by atoms with Crippen LogP contribution in [0.4, 0.5) is 4.79 Å². The second-order valence-electron chi connectivity index (χ2n) is 5.70. The predicted octanol–water partition coefficient (Wildman–Crippen LogP) is 0.929. The van der Waals surface area contributed by atoms with Gasteiger partial charge in [-0.2, -0.15) is 0 Å². The molecule has 0 spiro atoms. The largest absolute Gasteiger partial charge is 0.480 e. The van der Waals surface area contributed by atoms with E-state index < -0.39 is 11.5 Å². The molecule has 1 rings (SSSR count). The molecule has 1 fully saturated rings. The van der Waals surface area contributed by atoms with Crippen LogP contribution in [-0.2, 0) is 4.79 Å². The van der Waals surface area contributed by atoms with Gasteiger partial charge in [0.1, 0.15) is 5.54 Å². The van der Waals surface area contributed by atoms with Crippen LogP contribution < -0.4 is 0 Å². The second-order valence-corrected chi connectivity index (χ2v) is 5.70. The highest BCUT2D eigenvalue weighted by atomic mass is 16.4. The van der Waals surface area contributed by atoms with Gasteiger partial charge in [0.2, 0.25) is 0 Å². The highest BCUT2D eigenvalue weighted by molar-refractivity contribution is 5.86. The van der Waals surface area contributed by atoms with Crippen molar-refractivity contribution in [2.75, 3.05) is 40.8 Å². The zero-order valence-corrected chi connectivity index (χ0v) is 12.3. The van der Waals surface area contributed by atoms with Crippen LogP contribution >= 0.6 is 0 Å². The molecule has 2 amide bonds. The molecule has 6 nitrogen and oxygen atoms in total. The van der Waals surface area contributed by atoms with Crippen LogP contribution in [-0.4, -0.2) is 78.1 Å². The van der Waals surface area contributed by atoms with Crippen molar-refractivity contribution < 1.29 is 14.7 Å². The molecule has 0 radical (unpaired) electrons. The summed E-state index contributed by atoms with van der Waals surface area (Å²) in [6, 6.07) is -0.188. The summed E-state index contributed by atoms with van der Waals surface area (Å²) in [6.07, 6.45) is 2.25. The summed E-state index contributed by atoms with van der Waals surface area (Å²) < 4.78 is 0. The van der Waals surface area contributed by atoms with Crippen molar-refractivity contribution in [2.24, 2.45) is 0 Å². The first-order chi connectivity index (χ1) is 8.79. The van der Waals surface area contributed by atoms with Crippen molar-refractivity contribution in [1.29, 1.82) is 0 Å². The third-order valence-corrected chi connectivity index (χ3v) is 3.79. The third kappa shape index (κ3) is 3.59. The summed E-state index contributed by atoms with van der Waals surface area (Å²) in [5.74, 6) is -0.915. The molecule has 1 heterocycles. The molecule has 0 aromatic heterocycles. The van der Waals surface area contributed by atoms with E-state index in [1.165, 1.54) is 4.90 Å². The molecule has 1 aliphatic heterocycles. The number of likely N-dealkylation sites (tertiary alicyclic amines) is 1.